The van der Waals surface area contributed by atoms with Crippen LogP contribution in [-0.2, 0) is 6.42 Å². The van der Waals surface area contributed by atoms with Gasteiger partial charge in [-0.05, 0) is 44.0 Å². The first-order chi connectivity index (χ1) is 8.06. The van der Waals surface area contributed by atoms with E-state index in [1.807, 2.05) is 19.9 Å². The topological polar surface area (TPSA) is 13.1 Å². The Labute approximate surface area is 118 Å². The van der Waals surface area contributed by atoms with Crippen molar-refractivity contribution in [2.45, 2.75) is 25.1 Å². The van der Waals surface area contributed by atoms with E-state index in [4.69, 9.17) is 4.42 Å². The van der Waals surface area contributed by atoms with Gasteiger partial charge in [-0.3, -0.25) is 0 Å². The lowest BCUT2D eigenvalue weighted by Crippen LogP contribution is -1.95. The largest absolute Gasteiger partial charge is 0.466 e. The Hall–Kier alpha value is -0.540. The van der Waals surface area contributed by atoms with Crippen molar-refractivity contribution in [3.05, 3.63) is 57.5 Å². The Morgan fingerprint density at radius 1 is 1.24 bits per heavy atom. The Morgan fingerprint density at radius 2 is 2.00 bits per heavy atom. The van der Waals surface area contributed by atoms with E-state index in [9.17, 15) is 0 Å². The molecule has 1 unspecified atom stereocenters. The Bertz CT molecular complexity index is 517. The van der Waals surface area contributed by atoms with Crippen LogP contribution in [0.3, 0.4) is 0 Å². The third-order valence-electron chi connectivity index (χ3n) is 2.72. The molecule has 2 rings (SSSR count). The quantitative estimate of drug-likeness (QED) is 0.676. The number of hydrogen-bond acceptors (Lipinski definition) is 1. The van der Waals surface area contributed by atoms with Crippen molar-refractivity contribution in [1.29, 1.82) is 0 Å². The van der Waals surface area contributed by atoms with Crippen molar-refractivity contribution >= 4 is 31.9 Å². The fraction of sp³-hybridized carbons (Fsp3) is 0.286. The fourth-order valence-electron chi connectivity index (χ4n) is 1.94. The van der Waals surface area contributed by atoms with Crippen molar-refractivity contribution in [2.75, 3.05) is 0 Å². The van der Waals surface area contributed by atoms with E-state index in [0.29, 0.717) is 4.83 Å². The van der Waals surface area contributed by atoms with Crippen LogP contribution in [0.1, 0.15) is 27.5 Å². The van der Waals surface area contributed by atoms with Gasteiger partial charge in [0.15, 0.2) is 0 Å². The van der Waals surface area contributed by atoms with Crippen molar-refractivity contribution in [2.24, 2.45) is 0 Å². The predicted molar refractivity (Wildman–Crippen MR) is 77.7 cm³/mol. The predicted octanol–water partition coefficient (Wildman–Crippen LogP) is 5.34. The second-order valence-electron chi connectivity index (χ2n) is 4.17. The Balaban J connectivity index is 2.16. The molecule has 0 radical (unpaired) electrons. The molecule has 1 heterocycles. The minimum Gasteiger partial charge on any atom is -0.466 e. The van der Waals surface area contributed by atoms with Gasteiger partial charge in [0.25, 0.3) is 0 Å². The summed E-state index contributed by atoms with van der Waals surface area (Å²) in [7, 11) is 0. The monoisotopic (exact) mass is 356 g/mol. The molecule has 0 N–H and O–H groups in total. The van der Waals surface area contributed by atoms with Gasteiger partial charge in [-0.15, -0.1) is 0 Å². The average molecular weight is 358 g/mol. The summed E-state index contributed by atoms with van der Waals surface area (Å²) >= 11 is 7.23. The second kappa shape index (κ2) is 5.40. The molecule has 90 valence electrons. The molecule has 0 aliphatic carbocycles. The SMILES string of the molecule is Cc1cc(C(Br)Cc2cccc(Br)c2)c(C)o1. The first kappa shape index (κ1) is 12.9. The number of aryl methyl sites for hydroxylation is 2. The molecule has 1 aromatic carbocycles. The third-order valence-corrected chi connectivity index (χ3v) is 4.03. The minimum atomic E-state index is 0.300. The van der Waals surface area contributed by atoms with E-state index in [0.717, 1.165) is 22.4 Å². The van der Waals surface area contributed by atoms with E-state index in [1.165, 1.54) is 11.1 Å². The molecule has 0 fully saturated rings. The van der Waals surface area contributed by atoms with Gasteiger partial charge in [0.2, 0.25) is 0 Å². The van der Waals surface area contributed by atoms with Crippen LogP contribution in [0.15, 0.2) is 39.2 Å². The Morgan fingerprint density at radius 3 is 2.59 bits per heavy atom. The molecule has 3 heteroatoms. The van der Waals surface area contributed by atoms with Crippen molar-refractivity contribution in [3.8, 4) is 0 Å². The maximum atomic E-state index is 5.56. The normalized spacial score (nSPS) is 12.7. The molecule has 2 aromatic rings. The van der Waals surface area contributed by atoms with E-state index in [1.54, 1.807) is 0 Å². The van der Waals surface area contributed by atoms with Crippen LogP contribution in [0, 0.1) is 13.8 Å². The maximum absolute atomic E-state index is 5.56. The van der Waals surface area contributed by atoms with Gasteiger partial charge in [-0.1, -0.05) is 44.0 Å². The number of hydrogen-bond donors (Lipinski definition) is 0. The highest BCUT2D eigenvalue weighted by atomic mass is 79.9. The zero-order valence-corrected chi connectivity index (χ0v) is 13.0. The van der Waals surface area contributed by atoms with E-state index in [2.05, 4.69) is 56.1 Å². The first-order valence-electron chi connectivity index (χ1n) is 5.51. The van der Waals surface area contributed by atoms with Crippen LogP contribution in [0.2, 0.25) is 0 Å². The van der Waals surface area contributed by atoms with E-state index >= 15 is 0 Å². The molecule has 1 atom stereocenters. The highest BCUT2D eigenvalue weighted by Crippen LogP contribution is 2.31. The summed E-state index contributed by atoms with van der Waals surface area (Å²) in [5.74, 6) is 1.97. The maximum Gasteiger partial charge on any atom is 0.105 e. The van der Waals surface area contributed by atoms with Gasteiger partial charge in [0, 0.05) is 14.9 Å². The number of benzene rings is 1. The molecule has 0 aliphatic rings. The van der Waals surface area contributed by atoms with Crippen LogP contribution in [0.25, 0.3) is 0 Å². The molecule has 0 saturated carbocycles. The number of furan rings is 1. The van der Waals surface area contributed by atoms with Gasteiger partial charge in [-0.25, -0.2) is 0 Å². The van der Waals surface area contributed by atoms with E-state index in [-0.39, 0.29) is 0 Å². The van der Waals surface area contributed by atoms with Crippen molar-refractivity contribution in [3.63, 3.8) is 0 Å². The molecule has 0 saturated heterocycles. The smallest absolute Gasteiger partial charge is 0.105 e. The van der Waals surface area contributed by atoms with Gasteiger partial charge < -0.3 is 4.42 Å². The molecule has 0 bridgehead atoms. The average Bonchev–Trinajstić information content (AvgIpc) is 2.58. The summed E-state index contributed by atoms with van der Waals surface area (Å²) in [5.41, 5.74) is 2.54. The van der Waals surface area contributed by atoms with E-state index < -0.39 is 0 Å². The number of alkyl halides is 1. The first-order valence-corrected chi connectivity index (χ1v) is 7.22. The zero-order valence-electron chi connectivity index (χ0n) is 9.84. The van der Waals surface area contributed by atoms with Crippen LogP contribution >= 0.6 is 31.9 Å². The molecular weight excluding hydrogens is 344 g/mol. The van der Waals surface area contributed by atoms with Gasteiger partial charge >= 0.3 is 0 Å². The summed E-state index contributed by atoms with van der Waals surface area (Å²) in [6.07, 6.45) is 0.958. The summed E-state index contributed by atoms with van der Waals surface area (Å²) in [6.45, 7) is 3.99. The minimum absolute atomic E-state index is 0.300. The number of halogens is 2. The summed E-state index contributed by atoms with van der Waals surface area (Å²) in [4.78, 5) is 0.300. The Kier molecular flexibility index (Phi) is 4.10. The van der Waals surface area contributed by atoms with Gasteiger partial charge in [-0.2, -0.15) is 0 Å². The van der Waals surface area contributed by atoms with Crippen molar-refractivity contribution in [1.82, 2.24) is 0 Å². The summed E-state index contributed by atoms with van der Waals surface area (Å²) in [6, 6.07) is 10.5. The van der Waals surface area contributed by atoms with Crippen LogP contribution in [0.4, 0.5) is 0 Å². The molecule has 0 spiro atoms. The molecule has 0 amide bonds. The standard InChI is InChI=1S/C14H14Br2O/c1-9-6-13(10(2)17-9)14(16)8-11-4-3-5-12(15)7-11/h3-7,14H,8H2,1-2H3. The lowest BCUT2D eigenvalue weighted by atomic mass is 10.0. The summed E-state index contributed by atoms with van der Waals surface area (Å²) in [5, 5.41) is 0. The molecular formula is C14H14Br2O. The highest BCUT2D eigenvalue weighted by molar-refractivity contribution is 9.10. The van der Waals surface area contributed by atoms with Crippen LogP contribution < -0.4 is 0 Å². The molecule has 0 aliphatic heterocycles. The zero-order chi connectivity index (χ0) is 12.4. The van der Waals surface area contributed by atoms with Crippen LogP contribution in [-0.4, -0.2) is 0 Å². The third kappa shape index (κ3) is 3.23. The fourth-order valence-corrected chi connectivity index (χ4v) is 3.22. The number of rotatable bonds is 3. The highest BCUT2D eigenvalue weighted by Gasteiger charge is 2.14. The van der Waals surface area contributed by atoms with Gasteiger partial charge in [0.05, 0.1) is 0 Å². The lowest BCUT2D eigenvalue weighted by molar-refractivity contribution is 0.501. The summed E-state index contributed by atoms with van der Waals surface area (Å²) < 4.78 is 6.68. The van der Waals surface area contributed by atoms with Gasteiger partial charge in [0.1, 0.15) is 11.5 Å². The lowest BCUT2D eigenvalue weighted by Gasteiger charge is -2.09. The second-order valence-corrected chi connectivity index (χ2v) is 6.19. The van der Waals surface area contributed by atoms with Crippen LogP contribution in [0.5, 0.6) is 0 Å². The molecule has 1 aromatic heterocycles. The van der Waals surface area contributed by atoms with Crippen molar-refractivity contribution < 1.29 is 4.42 Å². The molecule has 1 nitrogen and oxygen atoms in total. The molecule has 17 heavy (non-hydrogen) atoms.